The molecule has 0 unspecified atom stereocenters. The topological polar surface area (TPSA) is 47.7 Å². The SMILES string of the molecule is Cc1nn(C)c(Cn2nccc2CNCC(C)C)c1Cl. The molecule has 1 N–H and O–H groups in total. The first-order chi connectivity index (χ1) is 9.49. The zero-order valence-electron chi connectivity index (χ0n) is 12.5. The van der Waals surface area contributed by atoms with E-state index in [1.807, 2.05) is 35.6 Å². The van der Waals surface area contributed by atoms with Crippen LogP contribution >= 0.6 is 11.6 Å². The van der Waals surface area contributed by atoms with Crippen molar-refractivity contribution in [3.63, 3.8) is 0 Å². The van der Waals surface area contributed by atoms with Crippen molar-refractivity contribution in [1.29, 1.82) is 0 Å². The summed E-state index contributed by atoms with van der Waals surface area (Å²) in [7, 11) is 1.91. The maximum Gasteiger partial charge on any atom is 0.0866 e. The summed E-state index contributed by atoms with van der Waals surface area (Å²) in [6.45, 7) is 8.76. The van der Waals surface area contributed by atoms with Crippen LogP contribution in [-0.4, -0.2) is 26.1 Å². The van der Waals surface area contributed by atoms with Crippen molar-refractivity contribution < 1.29 is 0 Å². The summed E-state index contributed by atoms with van der Waals surface area (Å²) in [5.41, 5.74) is 2.99. The van der Waals surface area contributed by atoms with Crippen LogP contribution in [0.1, 0.15) is 30.9 Å². The standard InChI is InChI=1S/C14H22ClN5/c1-10(2)7-16-8-12-5-6-17-20(12)9-13-14(15)11(3)18-19(13)4/h5-6,10,16H,7-9H2,1-4H3. The molecule has 0 bridgehead atoms. The van der Waals surface area contributed by atoms with E-state index in [4.69, 9.17) is 11.6 Å². The molecule has 2 aromatic rings. The molecule has 0 spiro atoms. The maximum absolute atomic E-state index is 6.29. The minimum atomic E-state index is 0.639. The Morgan fingerprint density at radius 2 is 2.15 bits per heavy atom. The molecule has 20 heavy (non-hydrogen) atoms. The number of aromatic nitrogens is 4. The number of nitrogens with zero attached hydrogens (tertiary/aromatic N) is 4. The fraction of sp³-hybridized carbons (Fsp3) is 0.571. The highest BCUT2D eigenvalue weighted by atomic mass is 35.5. The van der Waals surface area contributed by atoms with Gasteiger partial charge in [0.05, 0.1) is 28.6 Å². The Bertz CT molecular complexity index is 570. The third-order valence-electron chi connectivity index (χ3n) is 3.22. The van der Waals surface area contributed by atoms with Gasteiger partial charge in [-0.15, -0.1) is 0 Å². The number of nitrogens with one attached hydrogen (secondary N) is 1. The molecule has 2 aromatic heterocycles. The molecule has 2 rings (SSSR count). The van der Waals surface area contributed by atoms with E-state index in [9.17, 15) is 0 Å². The Kier molecular flexibility index (Phi) is 4.83. The lowest BCUT2D eigenvalue weighted by Gasteiger charge is -2.10. The van der Waals surface area contributed by atoms with Crippen molar-refractivity contribution in [2.24, 2.45) is 13.0 Å². The van der Waals surface area contributed by atoms with E-state index >= 15 is 0 Å². The Morgan fingerprint density at radius 1 is 1.40 bits per heavy atom. The molecule has 0 radical (unpaired) electrons. The summed E-state index contributed by atoms with van der Waals surface area (Å²) in [6, 6.07) is 2.03. The molecule has 0 saturated carbocycles. The van der Waals surface area contributed by atoms with Gasteiger partial charge in [0.15, 0.2) is 0 Å². The zero-order chi connectivity index (χ0) is 14.7. The van der Waals surface area contributed by atoms with Gasteiger partial charge in [-0.2, -0.15) is 10.2 Å². The molecule has 0 aromatic carbocycles. The minimum absolute atomic E-state index is 0.639. The summed E-state index contributed by atoms with van der Waals surface area (Å²) < 4.78 is 3.79. The van der Waals surface area contributed by atoms with Crippen LogP contribution in [-0.2, 0) is 20.1 Å². The predicted octanol–water partition coefficient (Wildman–Crippen LogP) is 2.37. The second kappa shape index (κ2) is 6.41. The van der Waals surface area contributed by atoms with Crippen molar-refractivity contribution >= 4 is 11.6 Å². The van der Waals surface area contributed by atoms with Gasteiger partial charge in [0.2, 0.25) is 0 Å². The maximum atomic E-state index is 6.29. The van der Waals surface area contributed by atoms with Crippen LogP contribution in [0.3, 0.4) is 0 Å². The molecule has 0 aliphatic heterocycles. The Labute approximate surface area is 124 Å². The molecular formula is C14H22ClN5. The number of rotatable bonds is 6. The van der Waals surface area contributed by atoms with Gasteiger partial charge in [-0.05, 0) is 25.5 Å². The van der Waals surface area contributed by atoms with Gasteiger partial charge in [0, 0.05) is 19.8 Å². The van der Waals surface area contributed by atoms with E-state index in [1.54, 1.807) is 0 Å². The van der Waals surface area contributed by atoms with Crippen LogP contribution in [0.15, 0.2) is 12.3 Å². The number of hydrogen-bond donors (Lipinski definition) is 1. The van der Waals surface area contributed by atoms with Gasteiger partial charge in [-0.3, -0.25) is 9.36 Å². The fourth-order valence-electron chi connectivity index (χ4n) is 2.14. The highest BCUT2D eigenvalue weighted by Crippen LogP contribution is 2.20. The van der Waals surface area contributed by atoms with Crippen LogP contribution in [0.2, 0.25) is 5.02 Å². The largest absolute Gasteiger partial charge is 0.311 e. The molecule has 110 valence electrons. The molecule has 0 saturated heterocycles. The van der Waals surface area contributed by atoms with Crippen molar-refractivity contribution in [3.8, 4) is 0 Å². The van der Waals surface area contributed by atoms with Gasteiger partial charge in [0.1, 0.15) is 0 Å². The van der Waals surface area contributed by atoms with E-state index in [-0.39, 0.29) is 0 Å². The van der Waals surface area contributed by atoms with Crippen LogP contribution in [0.5, 0.6) is 0 Å². The average Bonchev–Trinajstić information content (AvgIpc) is 2.90. The summed E-state index contributed by atoms with van der Waals surface area (Å²) >= 11 is 6.29. The number of hydrogen-bond acceptors (Lipinski definition) is 3. The molecule has 0 aliphatic rings. The third-order valence-corrected chi connectivity index (χ3v) is 3.72. The summed E-state index contributed by atoms with van der Waals surface area (Å²) in [6.07, 6.45) is 1.82. The Morgan fingerprint density at radius 3 is 2.75 bits per heavy atom. The number of halogens is 1. The second-order valence-corrected chi connectivity index (χ2v) is 5.85. The zero-order valence-corrected chi connectivity index (χ0v) is 13.3. The monoisotopic (exact) mass is 295 g/mol. The first-order valence-corrected chi connectivity index (χ1v) is 7.26. The van der Waals surface area contributed by atoms with Crippen LogP contribution in [0, 0.1) is 12.8 Å². The van der Waals surface area contributed by atoms with Gasteiger partial charge >= 0.3 is 0 Å². The van der Waals surface area contributed by atoms with Gasteiger partial charge in [-0.1, -0.05) is 25.4 Å². The Balaban J connectivity index is 2.08. The summed E-state index contributed by atoms with van der Waals surface area (Å²) in [5.74, 6) is 0.639. The van der Waals surface area contributed by atoms with Crippen molar-refractivity contribution in [1.82, 2.24) is 24.9 Å². The lowest BCUT2D eigenvalue weighted by Crippen LogP contribution is -2.21. The fourth-order valence-corrected chi connectivity index (χ4v) is 2.36. The molecule has 2 heterocycles. The lowest BCUT2D eigenvalue weighted by atomic mass is 10.2. The Hall–Kier alpha value is -1.33. The molecule has 0 aliphatic carbocycles. The first-order valence-electron chi connectivity index (χ1n) is 6.88. The van der Waals surface area contributed by atoms with Crippen molar-refractivity contribution in [3.05, 3.63) is 34.4 Å². The molecule has 0 amide bonds. The van der Waals surface area contributed by atoms with Crippen molar-refractivity contribution in [2.75, 3.05) is 6.54 Å². The van der Waals surface area contributed by atoms with Crippen molar-refractivity contribution in [2.45, 2.75) is 33.9 Å². The second-order valence-electron chi connectivity index (χ2n) is 5.47. The van der Waals surface area contributed by atoms with E-state index in [2.05, 4.69) is 29.4 Å². The number of aryl methyl sites for hydroxylation is 2. The molecule has 6 heteroatoms. The summed E-state index contributed by atoms with van der Waals surface area (Å²) in [4.78, 5) is 0. The minimum Gasteiger partial charge on any atom is -0.311 e. The van der Waals surface area contributed by atoms with Gasteiger partial charge in [0.25, 0.3) is 0 Å². The van der Waals surface area contributed by atoms with E-state index in [0.29, 0.717) is 12.5 Å². The molecule has 5 nitrogen and oxygen atoms in total. The van der Waals surface area contributed by atoms with Crippen LogP contribution in [0.25, 0.3) is 0 Å². The molecular weight excluding hydrogens is 274 g/mol. The van der Waals surface area contributed by atoms with Crippen LogP contribution < -0.4 is 5.32 Å². The predicted molar refractivity (Wildman–Crippen MR) is 80.8 cm³/mol. The van der Waals surface area contributed by atoms with E-state index < -0.39 is 0 Å². The highest BCUT2D eigenvalue weighted by Gasteiger charge is 2.13. The first kappa shape index (κ1) is 15.1. The van der Waals surface area contributed by atoms with Crippen LogP contribution in [0.4, 0.5) is 0 Å². The third kappa shape index (κ3) is 3.41. The normalized spacial score (nSPS) is 11.5. The van der Waals surface area contributed by atoms with E-state index in [1.165, 1.54) is 0 Å². The quantitative estimate of drug-likeness (QED) is 0.890. The summed E-state index contributed by atoms with van der Waals surface area (Å²) in [5, 5.41) is 12.9. The van der Waals surface area contributed by atoms with Gasteiger partial charge < -0.3 is 5.32 Å². The molecule has 0 fully saturated rings. The average molecular weight is 296 g/mol. The smallest absolute Gasteiger partial charge is 0.0866 e. The molecule has 0 atom stereocenters. The highest BCUT2D eigenvalue weighted by molar-refractivity contribution is 6.31. The van der Waals surface area contributed by atoms with E-state index in [0.717, 1.165) is 35.2 Å². The van der Waals surface area contributed by atoms with Gasteiger partial charge in [-0.25, -0.2) is 0 Å². The lowest BCUT2D eigenvalue weighted by molar-refractivity contribution is 0.523.